The van der Waals surface area contributed by atoms with E-state index < -0.39 is 0 Å². The molecule has 0 bridgehead atoms. The number of hydrogen-bond acceptors (Lipinski definition) is 7. The molecule has 4 aromatic rings. The predicted molar refractivity (Wildman–Crippen MR) is 150 cm³/mol. The number of aromatic nitrogens is 3. The highest BCUT2D eigenvalue weighted by Crippen LogP contribution is 2.32. The van der Waals surface area contributed by atoms with Gasteiger partial charge in [-0.05, 0) is 48.1 Å². The van der Waals surface area contributed by atoms with Crippen LogP contribution in [0.3, 0.4) is 0 Å². The number of rotatable bonds is 11. The molecule has 4 rings (SSSR count). The summed E-state index contributed by atoms with van der Waals surface area (Å²) in [5, 5.41) is 5.51. The predicted octanol–water partition coefficient (Wildman–Crippen LogP) is 5.76. The van der Waals surface area contributed by atoms with Gasteiger partial charge in [0.2, 0.25) is 0 Å². The standard InChI is InChI=1S/C28H27FN4O3S2/c1-36-25(34)11-10-24(37-2)32-27(35)23-5-3-4-20(26(23)19-6-8-22(29)9-7-19)16-21(28-31-13-15-38-28)17-33-14-12-30-18-33/h3-9,12-16,18,24H,10-11,17H2,1-2H3,(H,32,35)/b21-16-/t24-/m0/s1. The lowest BCUT2D eigenvalue weighted by Crippen LogP contribution is -2.33. The molecule has 0 spiro atoms. The zero-order valence-corrected chi connectivity index (χ0v) is 22.6. The van der Waals surface area contributed by atoms with Crippen LogP contribution in [0, 0.1) is 5.82 Å². The number of benzene rings is 2. The van der Waals surface area contributed by atoms with Crippen molar-refractivity contribution in [1.82, 2.24) is 19.9 Å². The number of carbonyl (C=O) groups is 2. The van der Waals surface area contributed by atoms with Crippen molar-refractivity contribution in [1.29, 1.82) is 0 Å². The van der Waals surface area contributed by atoms with E-state index in [1.807, 2.05) is 40.6 Å². The third-order valence-corrected chi connectivity index (χ3v) is 7.61. The summed E-state index contributed by atoms with van der Waals surface area (Å²) < 4.78 is 20.5. The van der Waals surface area contributed by atoms with Crippen LogP contribution in [0.1, 0.15) is 33.8 Å². The lowest BCUT2D eigenvalue weighted by Gasteiger charge is -2.19. The van der Waals surface area contributed by atoms with Crippen LogP contribution < -0.4 is 5.32 Å². The molecule has 7 nitrogen and oxygen atoms in total. The molecule has 196 valence electrons. The molecule has 2 heterocycles. The van der Waals surface area contributed by atoms with E-state index >= 15 is 0 Å². The minimum atomic E-state index is -0.360. The van der Waals surface area contributed by atoms with Crippen molar-refractivity contribution >= 4 is 46.6 Å². The van der Waals surface area contributed by atoms with Crippen LogP contribution in [-0.2, 0) is 16.1 Å². The molecule has 10 heteroatoms. The molecule has 0 saturated heterocycles. The van der Waals surface area contributed by atoms with Crippen LogP contribution in [-0.4, -0.2) is 45.2 Å². The van der Waals surface area contributed by atoms with Crippen molar-refractivity contribution in [3.05, 3.63) is 94.7 Å². The van der Waals surface area contributed by atoms with Crippen LogP contribution in [0.5, 0.6) is 0 Å². The number of nitrogens with zero attached hydrogens (tertiary/aromatic N) is 3. The number of halogens is 1. The highest BCUT2D eigenvalue weighted by molar-refractivity contribution is 7.99. The molecular weight excluding hydrogens is 523 g/mol. The van der Waals surface area contributed by atoms with Gasteiger partial charge in [0.15, 0.2) is 0 Å². The molecule has 0 aliphatic heterocycles. The number of allylic oxidation sites excluding steroid dienone is 1. The van der Waals surface area contributed by atoms with Crippen molar-refractivity contribution in [3.63, 3.8) is 0 Å². The lowest BCUT2D eigenvalue weighted by atomic mass is 9.92. The van der Waals surface area contributed by atoms with Crippen LogP contribution >= 0.6 is 23.1 Å². The average Bonchev–Trinajstić information content (AvgIpc) is 3.65. The Balaban J connectivity index is 1.76. The molecule has 0 radical (unpaired) electrons. The molecule has 1 N–H and O–H groups in total. The van der Waals surface area contributed by atoms with Gasteiger partial charge < -0.3 is 14.6 Å². The van der Waals surface area contributed by atoms with Gasteiger partial charge in [-0.25, -0.2) is 14.4 Å². The first-order valence-corrected chi connectivity index (χ1v) is 14.0. The first-order chi connectivity index (χ1) is 18.5. The second kappa shape index (κ2) is 13.2. The maximum Gasteiger partial charge on any atom is 0.305 e. The second-order valence-electron chi connectivity index (χ2n) is 8.33. The molecule has 2 aromatic carbocycles. The molecule has 0 unspecified atom stereocenters. The van der Waals surface area contributed by atoms with Gasteiger partial charge in [-0.2, -0.15) is 0 Å². The maximum absolute atomic E-state index is 13.8. The van der Waals surface area contributed by atoms with Gasteiger partial charge in [-0.15, -0.1) is 23.1 Å². The summed E-state index contributed by atoms with van der Waals surface area (Å²) in [6, 6.07) is 11.6. The highest BCUT2D eigenvalue weighted by Gasteiger charge is 2.20. The number of esters is 1. The fourth-order valence-electron chi connectivity index (χ4n) is 3.96. The van der Waals surface area contributed by atoms with Crippen molar-refractivity contribution in [2.75, 3.05) is 13.4 Å². The van der Waals surface area contributed by atoms with Gasteiger partial charge in [0.25, 0.3) is 5.91 Å². The third kappa shape index (κ3) is 6.96. The van der Waals surface area contributed by atoms with E-state index in [0.717, 1.165) is 16.1 Å². The van der Waals surface area contributed by atoms with Crippen molar-refractivity contribution in [3.8, 4) is 11.1 Å². The minimum absolute atomic E-state index is 0.196. The molecule has 0 aliphatic carbocycles. The van der Waals surface area contributed by atoms with E-state index in [2.05, 4.69) is 15.3 Å². The topological polar surface area (TPSA) is 86.1 Å². The Morgan fingerprint density at radius 2 is 2.03 bits per heavy atom. The summed E-state index contributed by atoms with van der Waals surface area (Å²) in [5.41, 5.74) is 3.57. The normalized spacial score (nSPS) is 12.2. The molecule has 0 saturated carbocycles. The zero-order chi connectivity index (χ0) is 26.9. The van der Waals surface area contributed by atoms with Crippen LogP contribution in [0.15, 0.2) is 72.8 Å². The number of methoxy groups -OCH3 is 1. The van der Waals surface area contributed by atoms with Crippen LogP contribution in [0.4, 0.5) is 4.39 Å². The number of amides is 1. The Morgan fingerprint density at radius 1 is 1.21 bits per heavy atom. The molecule has 1 atom stereocenters. The Labute approximate surface area is 228 Å². The average molecular weight is 551 g/mol. The van der Waals surface area contributed by atoms with Gasteiger partial charge in [0.05, 0.1) is 25.4 Å². The van der Waals surface area contributed by atoms with E-state index in [4.69, 9.17) is 4.74 Å². The molecule has 2 aromatic heterocycles. The maximum atomic E-state index is 13.8. The smallest absolute Gasteiger partial charge is 0.305 e. The van der Waals surface area contributed by atoms with Crippen LogP contribution in [0.25, 0.3) is 22.8 Å². The third-order valence-electron chi connectivity index (χ3n) is 5.84. The summed E-state index contributed by atoms with van der Waals surface area (Å²) in [4.78, 5) is 33.8. The van der Waals surface area contributed by atoms with Gasteiger partial charge in [0.1, 0.15) is 10.8 Å². The number of hydrogen-bond donors (Lipinski definition) is 1. The largest absolute Gasteiger partial charge is 0.469 e. The van der Waals surface area contributed by atoms with Gasteiger partial charge >= 0.3 is 5.97 Å². The molecule has 1 amide bonds. The fourth-order valence-corrected chi connectivity index (χ4v) is 5.19. The Morgan fingerprint density at radius 3 is 2.68 bits per heavy atom. The molecule has 38 heavy (non-hydrogen) atoms. The van der Waals surface area contributed by atoms with Crippen molar-refractivity contribution in [2.45, 2.75) is 24.8 Å². The molecular formula is C28H27FN4O3S2. The van der Waals surface area contributed by atoms with E-state index in [-0.39, 0.29) is 29.5 Å². The van der Waals surface area contributed by atoms with Gasteiger partial charge in [-0.1, -0.05) is 24.3 Å². The lowest BCUT2D eigenvalue weighted by molar-refractivity contribution is -0.140. The van der Waals surface area contributed by atoms with Gasteiger partial charge in [0, 0.05) is 47.1 Å². The van der Waals surface area contributed by atoms with E-state index in [9.17, 15) is 14.0 Å². The summed E-state index contributed by atoms with van der Waals surface area (Å²) in [6.45, 7) is 0.537. The summed E-state index contributed by atoms with van der Waals surface area (Å²) >= 11 is 2.97. The number of carbonyl (C=O) groups excluding carboxylic acids is 2. The molecule has 0 fully saturated rings. The van der Waals surface area contributed by atoms with Gasteiger partial charge in [-0.3, -0.25) is 9.59 Å². The SMILES string of the molecule is COC(=O)CC[C@@H](NC(=O)c1cccc(/C=C(/Cn2ccnc2)c2nccs2)c1-c1ccc(F)cc1)SC. The van der Waals surface area contributed by atoms with Crippen LogP contribution in [0.2, 0.25) is 0 Å². The van der Waals surface area contributed by atoms with E-state index in [1.165, 1.54) is 42.3 Å². The summed E-state index contributed by atoms with van der Waals surface area (Å²) in [7, 11) is 1.34. The second-order valence-corrected chi connectivity index (χ2v) is 10.3. The minimum Gasteiger partial charge on any atom is -0.469 e. The van der Waals surface area contributed by atoms with Crippen molar-refractivity contribution < 1.29 is 18.7 Å². The number of thiazole rings is 1. The summed E-state index contributed by atoms with van der Waals surface area (Å²) in [6.07, 6.45) is 11.6. The number of thioether (sulfide) groups is 1. The monoisotopic (exact) mass is 550 g/mol. The number of imidazole rings is 1. The molecule has 0 aliphatic rings. The van der Waals surface area contributed by atoms with E-state index in [0.29, 0.717) is 29.7 Å². The highest BCUT2D eigenvalue weighted by atomic mass is 32.2. The number of nitrogens with one attached hydrogen (secondary N) is 1. The quantitative estimate of drug-likeness (QED) is 0.189. The Hall–Kier alpha value is -3.76. The first-order valence-electron chi connectivity index (χ1n) is 11.8. The Kier molecular flexibility index (Phi) is 9.45. The summed E-state index contributed by atoms with van der Waals surface area (Å²) in [5.74, 6) is -0.971. The Bertz CT molecular complexity index is 1390. The fraction of sp³-hybridized carbons (Fsp3) is 0.214. The number of ether oxygens (including phenoxy) is 1. The first kappa shape index (κ1) is 27.3. The van der Waals surface area contributed by atoms with Crippen molar-refractivity contribution in [2.24, 2.45) is 0 Å². The van der Waals surface area contributed by atoms with E-state index in [1.54, 1.807) is 36.9 Å². The zero-order valence-electron chi connectivity index (χ0n) is 21.0.